The molecular formula is C16H36N4O2. The highest BCUT2D eigenvalue weighted by Gasteiger charge is 1.95. The molecule has 0 aliphatic rings. The molecule has 0 amide bonds. The van der Waals surface area contributed by atoms with Crippen LogP contribution in [0.3, 0.4) is 0 Å². The smallest absolute Gasteiger partial charge is 0.304 e. The Balaban J connectivity index is 2.95. The summed E-state index contributed by atoms with van der Waals surface area (Å²) in [5.74, 6) is -0.748. The zero-order valence-electron chi connectivity index (χ0n) is 14.3. The largest absolute Gasteiger partial charge is 0.481 e. The Morgan fingerprint density at radius 2 is 1.14 bits per heavy atom. The standard InChI is InChI=1S/C16H36N4O2/c1-2-8-17-9-5-3-4-6-10-18-12-14-20-15-13-19-11-7-16(21)22/h17-20H,2-15H2,1H3,(H,21,22). The third kappa shape index (κ3) is 19.3. The van der Waals surface area contributed by atoms with Crippen LogP contribution in [-0.4, -0.2) is 63.4 Å². The topological polar surface area (TPSA) is 85.4 Å². The number of hydrogen-bond acceptors (Lipinski definition) is 5. The highest BCUT2D eigenvalue weighted by molar-refractivity contribution is 5.66. The first kappa shape index (κ1) is 21.3. The Hall–Kier alpha value is -0.690. The Morgan fingerprint density at radius 3 is 1.64 bits per heavy atom. The number of nitrogens with one attached hydrogen (secondary N) is 4. The lowest BCUT2D eigenvalue weighted by Crippen LogP contribution is -2.33. The molecular weight excluding hydrogens is 280 g/mol. The second-order valence-corrected chi connectivity index (χ2v) is 5.56. The molecule has 132 valence electrons. The van der Waals surface area contributed by atoms with E-state index >= 15 is 0 Å². The molecule has 0 aliphatic heterocycles. The molecule has 0 aromatic carbocycles. The summed E-state index contributed by atoms with van der Waals surface area (Å²) >= 11 is 0. The average molecular weight is 316 g/mol. The second-order valence-electron chi connectivity index (χ2n) is 5.56. The van der Waals surface area contributed by atoms with Crippen molar-refractivity contribution in [1.82, 2.24) is 21.3 Å². The minimum absolute atomic E-state index is 0.191. The third-order valence-electron chi connectivity index (χ3n) is 3.36. The van der Waals surface area contributed by atoms with Crippen molar-refractivity contribution in [1.29, 1.82) is 0 Å². The van der Waals surface area contributed by atoms with Crippen LogP contribution in [0, 0.1) is 0 Å². The third-order valence-corrected chi connectivity index (χ3v) is 3.36. The quantitative estimate of drug-likeness (QED) is 0.240. The summed E-state index contributed by atoms with van der Waals surface area (Å²) in [6.45, 7) is 9.79. The fourth-order valence-electron chi connectivity index (χ4n) is 2.08. The predicted octanol–water partition coefficient (Wildman–Crippen LogP) is 0.790. The molecule has 0 aliphatic carbocycles. The highest BCUT2D eigenvalue weighted by Crippen LogP contribution is 1.97. The molecule has 6 nitrogen and oxygen atoms in total. The molecule has 22 heavy (non-hydrogen) atoms. The van der Waals surface area contributed by atoms with Crippen LogP contribution in [0.2, 0.25) is 0 Å². The van der Waals surface area contributed by atoms with E-state index in [1.165, 1.54) is 32.1 Å². The van der Waals surface area contributed by atoms with Crippen molar-refractivity contribution in [2.24, 2.45) is 0 Å². The minimum Gasteiger partial charge on any atom is -0.481 e. The van der Waals surface area contributed by atoms with Gasteiger partial charge in [0.05, 0.1) is 6.42 Å². The van der Waals surface area contributed by atoms with Crippen LogP contribution in [0.1, 0.15) is 45.4 Å². The Bertz CT molecular complexity index is 240. The first-order chi connectivity index (χ1) is 10.8. The maximum absolute atomic E-state index is 10.3. The van der Waals surface area contributed by atoms with Gasteiger partial charge in [-0.3, -0.25) is 4.79 Å². The van der Waals surface area contributed by atoms with Crippen LogP contribution < -0.4 is 21.3 Å². The first-order valence-corrected chi connectivity index (χ1v) is 8.82. The van der Waals surface area contributed by atoms with E-state index in [0.717, 1.165) is 45.8 Å². The molecule has 0 fully saturated rings. The molecule has 0 heterocycles. The molecule has 5 N–H and O–H groups in total. The van der Waals surface area contributed by atoms with Crippen molar-refractivity contribution in [2.45, 2.75) is 45.4 Å². The Labute approximate surface area is 135 Å². The van der Waals surface area contributed by atoms with Gasteiger partial charge in [0.1, 0.15) is 0 Å². The minimum atomic E-state index is -0.748. The monoisotopic (exact) mass is 316 g/mol. The zero-order chi connectivity index (χ0) is 16.3. The molecule has 0 unspecified atom stereocenters. The molecule has 6 heteroatoms. The van der Waals surface area contributed by atoms with Gasteiger partial charge in [0.2, 0.25) is 0 Å². The van der Waals surface area contributed by atoms with Gasteiger partial charge in [0.25, 0.3) is 0 Å². The Kier molecular flexibility index (Phi) is 17.8. The van der Waals surface area contributed by atoms with Gasteiger partial charge in [0.15, 0.2) is 0 Å². The van der Waals surface area contributed by atoms with Crippen molar-refractivity contribution in [3.05, 3.63) is 0 Å². The van der Waals surface area contributed by atoms with Crippen LogP contribution in [0.5, 0.6) is 0 Å². The number of aliphatic carboxylic acids is 1. The normalized spacial score (nSPS) is 11.0. The van der Waals surface area contributed by atoms with Gasteiger partial charge in [-0.1, -0.05) is 19.8 Å². The van der Waals surface area contributed by atoms with Crippen molar-refractivity contribution in [3.8, 4) is 0 Å². The molecule has 0 saturated heterocycles. The van der Waals surface area contributed by atoms with E-state index < -0.39 is 5.97 Å². The van der Waals surface area contributed by atoms with Crippen molar-refractivity contribution in [2.75, 3.05) is 52.4 Å². The van der Waals surface area contributed by atoms with Crippen LogP contribution in [-0.2, 0) is 4.79 Å². The van der Waals surface area contributed by atoms with Gasteiger partial charge in [-0.05, 0) is 38.9 Å². The fourth-order valence-corrected chi connectivity index (χ4v) is 2.08. The van der Waals surface area contributed by atoms with E-state index in [4.69, 9.17) is 5.11 Å². The molecule has 0 radical (unpaired) electrons. The lowest BCUT2D eigenvalue weighted by Gasteiger charge is -2.07. The highest BCUT2D eigenvalue weighted by atomic mass is 16.4. The Morgan fingerprint density at radius 1 is 0.682 bits per heavy atom. The SMILES string of the molecule is CCCNCCCCCCNCCNCCNCCC(=O)O. The average Bonchev–Trinajstić information content (AvgIpc) is 2.50. The summed E-state index contributed by atoms with van der Waals surface area (Å²) in [7, 11) is 0. The van der Waals surface area contributed by atoms with Gasteiger partial charge in [-0.25, -0.2) is 0 Å². The molecule has 0 bridgehead atoms. The summed E-state index contributed by atoms with van der Waals surface area (Å²) in [6, 6.07) is 0. The fraction of sp³-hybridized carbons (Fsp3) is 0.938. The summed E-state index contributed by atoms with van der Waals surface area (Å²) in [5.41, 5.74) is 0. The summed E-state index contributed by atoms with van der Waals surface area (Å²) in [6.07, 6.45) is 6.58. The van der Waals surface area contributed by atoms with Gasteiger partial charge in [-0.2, -0.15) is 0 Å². The molecule has 0 aromatic heterocycles. The van der Waals surface area contributed by atoms with E-state index in [9.17, 15) is 4.79 Å². The number of carboxylic acid groups (broad SMARTS) is 1. The van der Waals surface area contributed by atoms with Gasteiger partial charge >= 0.3 is 5.97 Å². The number of hydrogen-bond donors (Lipinski definition) is 5. The number of carboxylic acids is 1. The van der Waals surface area contributed by atoms with Crippen molar-refractivity contribution < 1.29 is 9.90 Å². The number of unbranched alkanes of at least 4 members (excludes halogenated alkanes) is 3. The predicted molar refractivity (Wildman–Crippen MR) is 92.5 cm³/mol. The van der Waals surface area contributed by atoms with E-state index in [2.05, 4.69) is 28.2 Å². The van der Waals surface area contributed by atoms with Crippen molar-refractivity contribution in [3.63, 3.8) is 0 Å². The number of rotatable bonds is 18. The van der Waals surface area contributed by atoms with Crippen LogP contribution in [0.15, 0.2) is 0 Å². The first-order valence-electron chi connectivity index (χ1n) is 8.82. The molecule has 0 saturated carbocycles. The van der Waals surface area contributed by atoms with Gasteiger partial charge in [-0.15, -0.1) is 0 Å². The summed E-state index contributed by atoms with van der Waals surface area (Å²) in [4.78, 5) is 10.3. The zero-order valence-corrected chi connectivity index (χ0v) is 14.3. The van der Waals surface area contributed by atoms with Crippen LogP contribution in [0.25, 0.3) is 0 Å². The summed E-state index contributed by atoms with van der Waals surface area (Å²) < 4.78 is 0. The maximum Gasteiger partial charge on any atom is 0.304 e. The van der Waals surface area contributed by atoms with Crippen LogP contribution >= 0.6 is 0 Å². The molecule has 0 aromatic rings. The van der Waals surface area contributed by atoms with E-state index in [1.807, 2.05) is 0 Å². The summed E-state index contributed by atoms with van der Waals surface area (Å²) in [5, 5.41) is 21.8. The van der Waals surface area contributed by atoms with E-state index in [1.54, 1.807) is 0 Å². The van der Waals surface area contributed by atoms with Crippen molar-refractivity contribution >= 4 is 5.97 Å². The lowest BCUT2D eigenvalue weighted by atomic mass is 10.2. The number of carbonyl (C=O) groups is 1. The van der Waals surface area contributed by atoms with Gasteiger partial charge in [0, 0.05) is 32.7 Å². The second kappa shape index (κ2) is 18.4. The maximum atomic E-state index is 10.3. The lowest BCUT2D eigenvalue weighted by molar-refractivity contribution is -0.136. The van der Waals surface area contributed by atoms with E-state index in [0.29, 0.717) is 6.54 Å². The molecule has 0 spiro atoms. The molecule has 0 rings (SSSR count). The molecule has 0 atom stereocenters. The van der Waals surface area contributed by atoms with E-state index in [-0.39, 0.29) is 6.42 Å². The van der Waals surface area contributed by atoms with Crippen LogP contribution in [0.4, 0.5) is 0 Å². The van der Waals surface area contributed by atoms with Gasteiger partial charge < -0.3 is 26.4 Å².